The summed E-state index contributed by atoms with van der Waals surface area (Å²) in [5.74, 6) is 1.42. The maximum Gasteiger partial charge on any atom is 0.256 e. The van der Waals surface area contributed by atoms with E-state index in [1.165, 1.54) is 0 Å². The summed E-state index contributed by atoms with van der Waals surface area (Å²) in [7, 11) is 0. The molecule has 3 aromatic carbocycles. The van der Waals surface area contributed by atoms with E-state index >= 15 is 0 Å². The number of hydrogen-bond donors (Lipinski definition) is 1. The summed E-state index contributed by atoms with van der Waals surface area (Å²) in [5, 5.41) is 17.6. The van der Waals surface area contributed by atoms with Crippen LogP contribution >= 0.6 is 0 Å². The molecule has 0 saturated heterocycles. The second-order valence-corrected chi connectivity index (χ2v) is 7.68. The first kappa shape index (κ1) is 20.4. The minimum Gasteiger partial charge on any atom is -0.438 e. The van der Waals surface area contributed by atoms with E-state index in [2.05, 4.69) is 20.6 Å². The van der Waals surface area contributed by atoms with Gasteiger partial charge in [0.2, 0.25) is 5.88 Å². The van der Waals surface area contributed by atoms with E-state index in [1.54, 1.807) is 41.1 Å². The van der Waals surface area contributed by atoms with Crippen LogP contribution in [0, 0.1) is 13.8 Å². The molecule has 0 aliphatic rings. The Hall–Kier alpha value is -4.52. The van der Waals surface area contributed by atoms with Crippen LogP contribution in [0.4, 0.5) is 5.69 Å². The molecule has 5 rings (SSSR count). The van der Waals surface area contributed by atoms with Gasteiger partial charge in [0.1, 0.15) is 5.75 Å². The summed E-state index contributed by atoms with van der Waals surface area (Å²) in [6.45, 7) is 3.90. The predicted octanol–water partition coefficient (Wildman–Crippen LogP) is 5.48. The van der Waals surface area contributed by atoms with Crippen molar-refractivity contribution < 1.29 is 9.53 Å². The van der Waals surface area contributed by atoms with Crippen LogP contribution < -0.4 is 10.1 Å². The highest BCUT2D eigenvalue weighted by molar-refractivity contribution is 6.12. The number of carbonyl (C=O) groups excluding carboxylic acids is 1. The Balaban J connectivity index is 1.27. The van der Waals surface area contributed by atoms with Gasteiger partial charge in [-0.15, -0.1) is 10.2 Å². The Labute approximate surface area is 190 Å². The summed E-state index contributed by atoms with van der Waals surface area (Å²) < 4.78 is 7.53. The molecular formula is C26H21N5O2. The maximum atomic E-state index is 12.8. The van der Waals surface area contributed by atoms with E-state index in [0.29, 0.717) is 28.7 Å². The van der Waals surface area contributed by atoms with Crippen molar-refractivity contribution in [2.75, 3.05) is 5.32 Å². The fourth-order valence-corrected chi connectivity index (χ4v) is 3.69. The molecule has 1 N–H and O–H groups in total. The molecular weight excluding hydrogens is 414 g/mol. The summed E-state index contributed by atoms with van der Waals surface area (Å²) in [4.78, 5) is 12.8. The molecule has 7 nitrogen and oxygen atoms in total. The lowest BCUT2D eigenvalue weighted by atomic mass is 10.0. The van der Waals surface area contributed by atoms with Gasteiger partial charge in [0.15, 0.2) is 5.82 Å². The molecule has 0 fully saturated rings. The number of nitrogens with one attached hydrogen (secondary N) is 1. The number of aromatic nitrogens is 4. The zero-order chi connectivity index (χ0) is 22.8. The maximum absolute atomic E-state index is 12.8. The number of fused-ring (bicyclic) bond motifs is 1. The van der Waals surface area contributed by atoms with E-state index in [1.807, 2.05) is 62.4 Å². The van der Waals surface area contributed by atoms with Crippen molar-refractivity contribution in [2.24, 2.45) is 0 Å². The number of amides is 1. The number of ether oxygens (including phenoxy) is 1. The Morgan fingerprint density at radius 2 is 1.67 bits per heavy atom. The van der Waals surface area contributed by atoms with Gasteiger partial charge in [-0.05, 0) is 67.1 Å². The quantitative estimate of drug-likeness (QED) is 0.395. The number of benzene rings is 3. The van der Waals surface area contributed by atoms with Crippen molar-refractivity contribution in [3.63, 3.8) is 0 Å². The standard InChI is InChI=1S/C26H21N5O2/c1-17-16-18(2)31(30-17)24-14-15-25(29-28-24)33-21-12-10-20(11-13-21)27-26(32)23-9-5-7-19-6-3-4-8-22(19)23/h3-16H,1-2H3,(H,27,32). The van der Waals surface area contributed by atoms with Crippen molar-refractivity contribution in [1.29, 1.82) is 0 Å². The van der Waals surface area contributed by atoms with Crippen molar-refractivity contribution in [1.82, 2.24) is 20.0 Å². The molecule has 0 aliphatic carbocycles. The normalized spacial score (nSPS) is 10.8. The first-order chi connectivity index (χ1) is 16.1. The van der Waals surface area contributed by atoms with Gasteiger partial charge in [0.05, 0.1) is 5.69 Å². The van der Waals surface area contributed by atoms with Gasteiger partial charge in [-0.25, -0.2) is 4.68 Å². The number of nitrogens with zero attached hydrogens (tertiary/aromatic N) is 4. The monoisotopic (exact) mass is 435 g/mol. The van der Waals surface area contributed by atoms with Gasteiger partial charge in [-0.2, -0.15) is 5.10 Å². The number of rotatable bonds is 5. The summed E-state index contributed by atoms with van der Waals surface area (Å²) >= 11 is 0. The molecule has 1 amide bonds. The molecule has 0 radical (unpaired) electrons. The predicted molar refractivity (Wildman–Crippen MR) is 127 cm³/mol. The third-order valence-corrected chi connectivity index (χ3v) is 5.22. The van der Waals surface area contributed by atoms with Crippen molar-refractivity contribution in [3.8, 4) is 17.4 Å². The van der Waals surface area contributed by atoms with Crippen molar-refractivity contribution in [3.05, 3.63) is 102 Å². The zero-order valence-corrected chi connectivity index (χ0v) is 18.2. The smallest absolute Gasteiger partial charge is 0.256 e. The van der Waals surface area contributed by atoms with Crippen molar-refractivity contribution >= 4 is 22.4 Å². The minimum absolute atomic E-state index is 0.161. The Morgan fingerprint density at radius 1 is 0.879 bits per heavy atom. The molecule has 0 bridgehead atoms. The van der Waals surface area contributed by atoms with E-state index in [0.717, 1.165) is 22.2 Å². The average molecular weight is 435 g/mol. The molecule has 5 aromatic rings. The summed E-state index contributed by atoms with van der Waals surface area (Å²) in [6.07, 6.45) is 0. The summed E-state index contributed by atoms with van der Waals surface area (Å²) in [6, 6.07) is 26.2. The van der Waals surface area contributed by atoms with Crippen LogP contribution in [-0.4, -0.2) is 25.9 Å². The lowest BCUT2D eigenvalue weighted by Gasteiger charge is -2.09. The molecule has 0 spiro atoms. The summed E-state index contributed by atoms with van der Waals surface area (Å²) in [5.41, 5.74) is 3.21. The van der Waals surface area contributed by atoms with Crippen LogP contribution in [-0.2, 0) is 0 Å². The first-order valence-electron chi connectivity index (χ1n) is 10.5. The second kappa shape index (κ2) is 8.55. The molecule has 2 heterocycles. The molecule has 162 valence electrons. The first-order valence-corrected chi connectivity index (χ1v) is 10.5. The number of hydrogen-bond acceptors (Lipinski definition) is 5. The van der Waals surface area contributed by atoms with Crippen LogP contribution in [0.5, 0.6) is 11.6 Å². The fourth-order valence-electron chi connectivity index (χ4n) is 3.69. The molecule has 0 saturated carbocycles. The molecule has 2 aromatic heterocycles. The molecule has 7 heteroatoms. The largest absolute Gasteiger partial charge is 0.438 e. The zero-order valence-electron chi connectivity index (χ0n) is 18.2. The Bertz CT molecular complexity index is 1440. The lowest BCUT2D eigenvalue weighted by Crippen LogP contribution is -2.12. The number of carbonyl (C=O) groups is 1. The minimum atomic E-state index is -0.161. The number of anilines is 1. The SMILES string of the molecule is Cc1cc(C)n(-c2ccc(Oc3ccc(NC(=O)c4cccc5ccccc45)cc3)nn2)n1. The van der Waals surface area contributed by atoms with Gasteiger partial charge in [-0.1, -0.05) is 36.4 Å². The van der Waals surface area contributed by atoms with Crippen LogP contribution in [0.2, 0.25) is 0 Å². The van der Waals surface area contributed by atoms with Crippen LogP contribution in [0.3, 0.4) is 0 Å². The van der Waals surface area contributed by atoms with Gasteiger partial charge in [0.25, 0.3) is 5.91 Å². The second-order valence-electron chi connectivity index (χ2n) is 7.68. The van der Waals surface area contributed by atoms with E-state index < -0.39 is 0 Å². The van der Waals surface area contributed by atoms with Gasteiger partial charge < -0.3 is 10.1 Å². The van der Waals surface area contributed by atoms with E-state index in [4.69, 9.17) is 4.74 Å². The van der Waals surface area contributed by atoms with E-state index in [-0.39, 0.29) is 5.91 Å². The highest BCUT2D eigenvalue weighted by Gasteiger charge is 2.11. The lowest BCUT2D eigenvalue weighted by molar-refractivity contribution is 0.102. The van der Waals surface area contributed by atoms with Crippen LogP contribution in [0.1, 0.15) is 21.7 Å². The third-order valence-electron chi connectivity index (χ3n) is 5.22. The van der Waals surface area contributed by atoms with Gasteiger partial charge in [-0.3, -0.25) is 4.79 Å². The molecule has 0 aliphatic heterocycles. The fraction of sp³-hybridized carbons (Fsp3) is 0.0769. The van der Waals surface area contributed by atoms with Crippen molar-refractivity contribution in [2.45, 2.75) is 13.8 Å². The topological polar surface area (TPSA) is 81.9 Å². The third kappa shape index (κ3) is 4.29. The van der Waals surface area contributed by atoms with Gasteiger partial charge >= 0.3 is 0 Å². The van der Waals surface area contributed by atoms with Crippen LogP contribution in [0.25, 0.3) is 16.6 Å². The highest BCUT2D eigenvalue weighted by atomic mass is 16.5. The molecule has 0 unspecified atom stereocenters. The molecule has 33 heavy (non-hydrogen) atoms. The average Bonchev–Trinajstić information content (AvgIpc) is 3.18. The van der Waals surface area contributed by atoms with E-state index in [9.17, 15) is 4.79 Å². The van der Waals surface area contributed by atoms with Crippen LogP contribution in [0.15, 0.2) is 84.9 Å². The highest BCUT2D eigenvalue weighted by Crippen LogP contribution is 2.23. The van der Waals surface area contributed by atoms with Gasteiger partial charge in [0, 0.05) is 23.0 Å². The Kier molecular flexibility index (Phi) is 5.28. The Morgan fingerprint density at radius 3 is 2.39 bits per heavy atom. The number of aryl methyl sites for hydroxylation is 2. The molecule has 0 atom stereocenters.